The van der Waals surface area contributed by atoms with Gasteiger partial charge in [-0.3, -0.25) is 9.79 Å². The van der Waals surface area contributed by atoms with E-state index in [4.69, 9.17) is 4.74 Å². The number of carbonyl (C=O) groups excluding carboxylic acids is 1. The van der Waals surface area contributed by atoms with Crippen LogP contribution in [0, 0.1) is 11.7 Å². The van der Waals surface area contributed by atoms with Gasteiger partial charge in [-0.25, -0.2) is 4.39 Å². The van der Waals surface area contributed by atoms with Crippen molar-refractivity contribution in [3.63, 3.8) is 0 Å². The molecule has 0 aliphatic heterocycles. The number of halogens is 1. The standard InChI is InChI=1S/C23H29FN4O2/c1-16(30-21-11-5-9-19(24)13-21)14-26-23(25-2)27-15-17-6-3-10-20(12-17)28-22(29)18-7-4-8-18/h3,5-6,9-13,16,18H,4,7-8,14-15H2,1-2H3,(H,28,29)(H2,25,26,27). The van der Waals surface area contributed by atoms with Gasteiger partial charge in [-0.15, -0.1) is 0 Å². The van der Waals surface area contributed by atoms with Crippen molar-refractivity contribution in [3.8, 4) is 5.75 Å². The number of ether oxygens (including phenoxy) is 1. The molecule has 1 unspecified atom stereocenters. The molecule has 1 atom stereocenters. The molecular weight excluding hydrogens is 383 g/mol. The van der Waals surface area contributed by atoms with E-state index in [-0.39, 0.29) is 23.7 Å². The Morgan fingerprint density at radius 3 is 2.70 bits per heavy atom. The molecular formula is C23H29FN4O2. The van der Waals surface area contributed by atoms with Crippen LogP contribution in [-0.4, -0.2) is 31.6 Å². The molecule has 2 aromatic rings. The SMILES string of the molecule is CN=C(NCc1cccc(NC(=O)C2CCC2)c1)NCC(C)Oc1cccc(F)c1. The van der Waals surface area contributed by atoms with E-state index >= 15 is 0 Å². The van der Waals surface area contributed by atoms with Crippen molar-refractivity contribution in [2.75, 3.05) is 18.9 Å². The van der Waals surface area contributed by atoms with Crippen molar-refractivity contribution in [1.82, 2.24) is 10.6 Å². The quantitative estimate of drug-likeness (QED) is 0.457. The molecule has 0 bridgehead atoms. The number of aliphatic imine (C=N–C) groups is 1. The van der Waals surface area contributed by atoms with Crippen molar-refractivity contribution < 1.29 is 13.9 Å². The van der Waals surface area contributed by atoms with Gasteiger partial charge in [0.05, 0.1) is 6.54 Å². The maximum atomic E-state index is 13.3. The summed E-state index contributed by atoms with van der Waals surface area (Å²) in [7, 11) is 1.70. The van der Waals surface area contributed by atoms with Gasteiger partial charge in [-0.2, -0.15) is 0 Å². The zero-order valence-corrected chi connectivity index (χ0v) is 17.5. The number of guanidine groups is 1. The molecule has 1 aliphatic rings. The minimum atomic E-state index is -0.323. The third-order valence-electron chi connectivity index (χ3n) is 5.04. The second-order valence-corrected chi connectivity index (χ2v) is 7.51. The summed E-state index contributed by atoms with van der Waals surface area (Å²) in [4.78, 5) is 16.3. The van der Waals surface area contributed by atoms with Crippen LogP contribution >= 0.6 is 0 Å². The zero-order valence-electron chi connectivity index (χ0n) is 17.5. The second-order valence-electron chi connectivity index (χ2n) is 7.51. The van der Waals surface area contributed by atoms with Gasteiger partial charge in [0.25, 0.3) is 0 Å². The Balaban J connectivity index is 1.44. The molecule has 1 amide bonds. The van der Waals surface area contributed by atoms with E-state index in [0.717, 1.165) is 30.5 Å². The van der Waals surface area contributed by atoms with Gasteiger partial charge in [-0.05, 0) is 49.6 Å². The first-order chi connectivity index (χ1) is 14.5. The zero-order chi connectivity index (χ0) is 21.3. The first-order valence-corrected chi connectivity index (χ1v) is 10.3. The highest BCUT2D eigenvalue weighted by Gasteiger charge is 2.25. The predicted octanol–water partition coefficient (Wildman–Crippen LogP) is 3.70. The maximum absolute atomic E-state index is 13.3. The van der Waals surface area contributed by atoms with E-state index in [1.54, 1.807) is 19.2 Å². The summed E-state index contributed by atoms with van der Waals surface area (Å²) < 4.78 is 19.0. The predicted molar refractivity (Wildman–Crippen MR) is 117 cm³/mol. The largest absolute Gasteiger partial charge is 0.489 e. The summed E-state index contributed by atoms with van der Waals surface area (Å²) in [5, 5.41) is 9.45. The molecule has 0 spiro atoms. The number of benzene rings is 2. The monoisotopic (exact) mass is 412 g/mol. The average molecular weight is 413 g/mol. The van der Waals surface area contributed by atoms with E-state index in [9.17, 15) is 9.18 Å². The van der Waals surface area contributed by atoms with Gasteiger partial charge in [0, 0.05) is 31.3 Å². The third kappa shape index (κ3) is 6.47. The molecule has 0 radical (unpaired) electrons. The summed E-state index contributed by atoms with van der Waals surface area (Å²) in [5.74, 6) is 1.07. The van der Waals surface area contributed by atoms with Crippen LogP contribution in [0.15, 0.2) is 53.5 Å². The van der Waals surface area contributed by atoms with Gasteiger partial charge < -0.3 is 20.7 Å². The first-order valence-electron chi connectivity index (χ1n) is 10.3. The van der Waals surface area contributed by atoms with Crippen molar-refractivity contribution >= 4 is 17.6 Å². The van der Waals surface area contributed by atoms with E-state index in [1.807, 2.05) is 31.2 Å². The molecule has 30 heavy (non-hydrogen) atoms. The van der Waals surface area contributed by atoms with E-state index in [0.29, 0.717) is 24.8 Å². The van der Waals surface area contributed by atoms with Crippen LogP contribution in [0.25, 0.3) is 0 Å². The average Bonchev–Trinajstić information content (AvgIpc) is 2.67. The maximum Gasteiger partial charge on any atom is 0.227 e. The molecule has 2 aromatic carbocycles. The summed E-state index contributed by atoms with van der Waals surface area (Å²) in [6.45, 7) is 2.97. The van der Waals surface area contributed by atoms with Crippen LogP contribution in [0.2, 0.25) is 0 Å². The molecule has 0 aromatic heterocycles. The molecule has 160 valence electrons. The lowest BCUT2D eigenvalue weighted by Crippen LogP contribution is -2.41. The number of hydrogen-bond donors (Lipinski definition) is 3. The molecule has 0 saturated heterocycles. The Kier molecular flexibility index (Phi) is 7.65. The van der Waals surface area contributed by atoms with Crippen LogP contribution in [0.4, 0.5) is 10.1 Å². The van der Waals surface area contributed by atoms with Crippen LogP contribution < -0.4 is 20.7 Å². The van der Waals surface area contributed by atoms with E-state index in [1.165, 1.54) is 12.1 Å². The second kappa shape index (κ2) is 10.6. The number of anilines is 1. The number of rotatable bonds is 8. The highest BCUT2D eigenvalue weighted by Crippen LogP contribution is 2.27. The van der Waals surface area contributed by atoms with Crippen LogP contribution in [0.1, 0.15) is 31.7 Å². The highest BCUT2D eigenvalue weighted by atomic mass is 19.1. The van der Waals surface area contributed by atoms with Crippen LogP contribution in [0.3, 0.4) is 0 Å². The van der Waals surface area contributed by atoms with E-state index < -0.39 is 0 Å². The molecule has 3 rings (SSSR count). The number of amides is 1. The first kappa shape index (κ1) is 21.6. The summed E-state index contributed by atoms with van der Waals surface area (Å²) >= 11 is 0. The Labute approximate surface area is 176 Å². The van der Waals surface area contributed by atoms with Crippen LogP contribution in [0.5, 0.6) is 5.75 Å². The van der Waals surface area contributed by atoms with E-state index in [2.05, 4.69) is 20.9 Å². The lowest BCUT2D eigenvalue weighted by molar-refractivity contribution is -0.122. The topological polar surface area (TPSA) is 74.8 Å². The Morgan fingerprint density at radius 1 is 1.20 bits per heavy atom. The Morgan fingerprint density at radius 2 is 2.00 bits per heavy atom. The summed E-state index contributed by atoms with van der Waals surface area (Å²) in [5.41, 5.74) is 1.85. The van der Waals surface area contributed by atoms with Crippen molar-refractivity contribution in [2.45, 2.75) is 38.8 Å². The molecule has 1 fully saturated rings. The Bertz CT molecular complexity index is 883. The fourth-order valence-electron chi connectivity index (χ4n) is 3.13. The Hall–Kier alpha value is -3.09. The van der Waals surface area contributed by atoms with Gasteiger partial charge in [0.15, 0.2) is 5.96 Å². The normalized spacial score (nSPS) is 15.1. The highest BCUT2D eigenvalue weighted by molar-refractivity contribution is 5.93. The minimum absolute atomic E-state index is 0.108. The number of nitrogens with zero attached hydrogens (tertiary/aromatic N) is 1. The minimum Gasteiger partial charge on any atom is -0.489 e. The van der Waals surface area contributed by atoms with Crippen molar-refractivity contribution in [3.05, 3.63) is 59.9 Å². The van der Waals surface area contributed by atoms with Gasteiger partial charge >= 0.3 is 0 Å². The number of nitrogens with one attached hydrogen (secondary N) is 3. The lowest BCUT2D eigenvalue weighted by Gasteiger charge is -2.24. The van der Waals surface area contributed by atoms with Gasteiger partial charge in [0.1, 0.15) is 17.7 Å². The third-order valence-corrected chi connectivity index (χ3v) is 5.04. The molecule has 1 saturated carbocycles. The van der Waals surface area contributed by atoms with Crippen molar-refractivity contribution in [1.29, 1.82) is 0 Å². The van der Waals surface area contributed by atoms with Crippen molar-refractivity contribution in [2.24, 2.45) is 10.9 Å². The molecule has 6 nitrogen and oxygen atoms in total. The fraction of sp³-hybridized carbons (Fsp3) is 0.391. The summed E-state index contributed by atoms with van der Waals surface area (Å²) in [6.07, 6.45) is 2.93. The summed E-state index contributed by atoms with van der Waals surface area (Å²) in [6, 6.07) is 13.9. The lowest BCUT2D eigenvalue weighted by atomic mass is 9.85. The van der Waals surface area contributed by atoms with Gasteiger partial charge in [-0.1, -0.05) is 24.6 Å². The van der Waals surface area contributed by atoms with Gasteiger partial charge in [0.2, 0.25) is 5.91 Å². The number of hydrogen-bond acceptors (Lipinski definition) is 3. The fourth-order valence-corrected chi connectivity index (χ4v) is 3.13. The molecule has 3 N–H and O–H groups in total. The molecule has 0 heterocycles. The molecule has 7 heteroatoms. The van der Waals surface area contributed by atoms with Crippen LogP contribution in [-0.2, 0) is 11.3 Å². The molecule has 1 aliphatic carbocycles. The number of carbonyl (C=O) groups is 1. The smallest absolute Gasteiger partial charge is 0.227 e.